The van der Waals surface area contributed by atoms with Gasteiger partial charge in [0.25, 0.3) is 0 Å². The smallest absolute Gasteiger partial charge is 0.409 e. The molecule has 0 radical (unpaired) electrons. The van der Waals surface area contributed by atoms with Crippen molar-refractivity contribution in [1.82, 2.24) is 4.90 Å². The van der Waals surface area contributed by atoms with Crippen LogP contribution in [-0.2, 0) is 10.2 Å². The molecule has 0 aliphatic rings. The number of hydrogen-bond acceptors (Lipinski definition) is 2. The monoisotopic (exact) mass is 235 g/mol. The summed E-state index contributed by atoms with van der Waals surface area (Å²) < 4.78 is 4.97. The van der Waals surface area contributed by atoms with Crippen LogP contribution in [0.15, 0.2) is 30.3 Å². The van der Waals surface area contributed by atoms with Crippen molar-refractivity contribution in [3.8, 4) is 0 Å². The van der Waals surface area contributed by atoms with E-state index in [0.717, 1.165) is 0 Å². The average Bonchev–Trinajstić information content (AvgIpc) is 2.30. The fourth-order valence-electron chi connectivity index (χ4n) is 1.87. The van der Waals surface area contributed by atoms with Crippen molar-refractivity contribution in [2.75, 3.05) is 20.2 Å². The lowest BCUT2D eigenvalue weighted by Gasteiger charge is -2.30. The molecule has 0 spiro atoms. The van der Waals surface area contributed by atoms with Crippen LogP contribution in [0.1, 0.15) is 26.3 Å². The van der Waals surface area contributed by atoms with E-state index >= 15 is 0 Å². The van der Waals surface area contributed by atoms with Crippen LogP contribution >= 0.6 is 0 Å². The minimum absolute atomic E-state index is 0.0806. The minimum atomic E-state index is -0.267. The molecule has 1 aromatic carbocycles. The van der Waals surface area contributed by atoms with Gasteiger partial charge >= 0.3 is 6.09 Å². The summed E-state index contributed by atoms with van der Waals surface area (Å²) in [6.07, 6.45) is -0.267. The number of likely N-dealkylation sites (N-methyl/N-ethyl adjacent to an activating group) is 1. The highest BCUT2D eigenvalue weighted by molar-refractivity contribution is 5.67. The van der Waals surface area contributed by atoms with Crippen LogP contribution < -0.4 is 0 Å². The largest absolute Gasteiger partial charge is 0.450 e. The third kappa shape index (κ3) is 3.77. The fourth-order valence-corrected chi connectivity index (χ4v) is 1.87. The van der Waals surface area contributed by atoms with Crippen molar-refractivity contribution in [3.05, 3.63) is 35.9 Å². The maximum atomic E-state index is 11.6. The third-order valence-electron chi connectivity index (χ3n) is 2.77. The van der Waals surface area contributed by atoms with Crippen LogP contribution in [0.4, 0.5) is 4.79 Å². The third-order valence-corrected chi connectivity index (χ3v) is 2.77. The molecule has 0 aliphatic carbocycles. The second-order valence-electron chi connectivity index (χ2n) is 4.80. The lowest BCUT2D eigenvalue weighted by Crippen LogP contribution is -2.38. The van der Waals surface area contributed by atoms with Crippen LogP contribution in [0.25, 0.3) is 0 Å². The molecule has 1 amide bonds. The number of nitrogens with zero attached hydrogens (tertiary/aromatic N) is 1. The van der Waals surface area contributed by atoms with Crippen molar-refractivity contribution in [2.45, 2.75) is 26.2 Å². The van der Waals surface area contributed by atoms with Gasteiger partial charge in [-0.1, -0.05) is 44.2 Å². The van der Waals surface area contributed by atoms with Crippen molar-refractivity contribution >= 4 is 6.09 Å². The summed E-state index contributed by atoms with van der Waals surface area (Å²) in [4.78, 5) is 13.2. The molecule has 0 bridgehead atoms. The molecular weight excluding hydrogens is 214 g/mol. The summed E-state index contributed by atoms with van der Waals surface area (Å²) in [5, 5.41) is 0. The summed E-state index contributed by atoms with van der Waals surface area (Å²) in [7, 11) is 1.77. The second-order valence-corrected chi connectivity index (χ2v) is 4.80. The Morgan fingerprint density at radius 2 is 1.88 bits per heavy atom. The summed E-state index contributed by atoms with van der Waals surface area (Å²) >= 11 is 0. The Balaban J connectivity index is 2.70. The number of carbonyl (C=O) groups is 1. The molecule has 3 nitrogen and oxygen atoms in total. The lowest BCUT2D eigenvalue weighted by atomic mass is 9.84. The van der Waals surface area contributed by atoms with E-state index in [-0.39, 0.29) is 11.5 Å². The SMILES string of the molecule is CCOC(=O)N(C)CC(C)(C)c1ccccc1. The topological polar surface area (TPSA) is 29.5 Å². The van der Waals surface area contributed by atoms with E-state index in [2.05, 4.69) is 26.0 Å². The highest BCUT2D eigenvalue weighted by atomic mass is 16.5. The summed E-state index contributed by atoms with van der Waals surface area (Å²) in [6.45, 7) is 7.11. The quantitative estimate of drug-likeness (QED) is 0.802. The second kappa shape index (κ2) is 5.71. The highest BCUT2D eigenvalue weighted by Gasteiger charge is 2.24. The summed E-state index contributed by atoms with van der Waals surface area (Å²) in [5.41, 5.74) is 1.14. The highest BCUT2D eigenvalue weighted by Crippen LogP contribution is 2.23. The Morgan fingerprint density at radius 3 is 2.41 bits per heavy atom. The molecule has 1 aromatic rings. The van der Waals surface area contributed by atoms with Crippen molar-refractivity contribution in [3.63, 3.8) is 0 Å². The van der Waals surface area contributed by atoms with Gasteiger partial charge in [0.2, 0.25) is 0 Å². The molecule has 0 atom stereocenters. The Labute approximate surface area is 103 Å². The van der Waals surface area contributed by atoms with Crippen molar-refractivity contribution in [1.29, 1.82) is 0 Å². The summed E-state index contributed by atoms with van der Waals surface area (Å²) in [5.74, 6) is 0. The molecule has 0 heterocycles. The zero-order valence-electron chi connectivity index (χ0n) is 11.1. The van der Waals surface area contributed by atoms with Gasteiger partial charge in [0.05, 0.1) is 6.61 Å². The predicted octanol–water partition coefficient (Wildman–Crippen LogP) is 3.05. The number of hydrogen-bond donors (Lipinski definition) is 0. The Hall–Kier alpha value is -1.51. The maximum absolute atomic E-state index is 11.6. The normalized spacial score (nSPS) is 11.1. The molecule has 17 heavy (non-hydrogen) atoms. The molecule has 0 N–H and O–H groups in total. The molecule has 0 saturated carbocycles. The maximum Gasteiger partial charge on any atom is 0.409 e. The molecular formula is C14H21NO2. The van der Waals surface area contributed by atoms with E-state index < -0.39 is 0 Å². The van der Waals surface area contributed by atoms with Gasteiger partial charge in [0.15, 0.2) is 0 Å². The van der Waals surface area contributed by atoms with Gasteiger partial charge in [-0.15, -0.1) is 0 Å². The fraction of sp³-hybridized carbons (Fsp3) is 0.500. The molecule has 94 valence electrons. The van der Waals surface area contributed by atoms with E-state index in [0.29, 0.717) is 13.2 Å². The van der Waals surface area contributed by atoms with Crippen LogP contribution in [0.2, 0.25) is 0 Å². The van der Waals surface area contributed by atoms with E-state index in [1.165, 1.54) is 5.56 Å². The minimum Gasteiger partial charge on any atom is -0.450 e. The van der Waals surface area contributed by atoms with Gasteiger partial charge in [-0.3, -0.25) is 0 Å². The van der Waals surface area contributed by atoms with Gasteiger partial charge < -0.3 is 9.64 Å². The van der Waals surface area contributed by atoms with E-state index in [1.807, 2.05) is 25.1 Å². The first kappa shape index (κ1) is 13.6. The first-order chi connectivity index (χ1) is 7.97. The van der Waals surface area contributed by atoms with Gasteiger partial charge in [-0.2, -0.15) is 0 Å². The van der Waals surface area contributed by atoms with Crippen LogP contribution in [0.3, 0.4) is 0 Å². The Kier molecular flexibility index (Phi) is 4.55. The molecule has 0 aliphatic heterocycles. The van der Waals surface area contributed by atoms with E-state index in [9.17, 15) is 4.79 Å². The number of carbonyl (C=O) groups excluding carboxylic acids is 1. The predicted molar refractivity (Wildman–Crippen MR) is 69.1 cm³/mol. The van der Waals surface area contributed by atoms with Crippen LogP contribution in [-0.4, -0.2) is 31.2 Å². The molecule has 3 heteroatoms. The van der Waals surface area contributed by atoms with Crippen molar-refractivity contribution in [2.24, 2.45) is 0 Å². The zero-order valence-corrected chi connectivity index (χ0v) is 11.1. The van der Waals surface area contributed by atoms with Gasteiger partial charge in [-0.05, 0) is 12.5 Å². The molecule has 0 fully saturated rings. The lowest BCUT2D eigenvalue weighted by molar-refractivity contribution is 0.109. The van der Waals surface area contributed by atoms with E-state index in [4.69, 9.17) is 4.74 Å². The number of rotatable bonds is 4. The number of ether oxygens (including phenoxy) is 1. The standard InChI is InChI=1S/C14H21NO2/c1-5-17-13(16)15(4)11-14(2,3)12-9-7-6-8-10-12/h6-10H,5,11H2,1-4H3. The van der Waals surface area contributed by atoms with Gasteiger partial charge in [0, 0.05) is 19.0 Å². The molecule has 0 aromatic heterocycles. The Bertz CT molecular complexity index is 360. The van der Waals surface area contributed by atoms with Crippen LogP contribution in [0.5, 0.6) is 0 Å². The average molecular weight is 235 g/mol. The molecule has 0 unspecified atom stereocenters. The van der Waals surface area contributed by atoms with Crippen molar-refractivity contribution < 1.29 is 9.53 Å². The molecule has 0 saturated heterocycles. The van der Waals surface area contributed by atoms with Crippen LogP contribution in [0, 0.1) is 0 Å². The first-order valence-electron chi connectivity index (χ1n) is 5.91. The van der Waals surface area contributed by atoms with E-state index in [1.54, 1.807) is 11.9 Å². The van der Waals surface area contributed by atoms with Gasteiger partial charge in [-0.25, -0.2) is 4.79 Å². The zero-order chi connectivity index (χ0) is 12.9. The number of benzene rings is 1. The first-order valence-corrected chi connectivity index (χ1v) is 5.91. The molecule has 1 rings (SSSR count). The van der Waals surface area contributed by atoms with Gasteiger partial charge in [0.1, 0.15) is 0 Å². The number of amides is 1. The summed E-state index contributed by atoms with van der Waals surface area (Å²) in [6, 6.07) is 10.2. The Morgan fingerprint density at radius 1 is 1.29 bits per heavy atom.